The predicted octanol–water partition coefficient (Wildman–Crippen LogP) is 4.00. The number of carbonyl (C=O) groups is 3. The summed E-state index contributed by atoms with van der Waals surface area (Å²) in [6, 6.07) is 6.90. The minimum Gasteiger partial charge on any atom is -0.465 e. The van der Waals surface area contributed by atoms with Crippen molar-refractivity contribution in [2.45, 2.75) is 51.9 Å². The van der Waals surface area contributed by atoms with E-state index in [9.17, 15) is 14.4 Å². The van der Waals surface area contributed by atoms with Gasteiger partial charge in [0.2, 0.25) is 0 Å². The van der Waals surface area contributed by atoms with Crippen LogP contribution in [0.3, 0.4) is 0 Å². The van der Waals surface area contributed by atoms with Gasteiger partial charge in [0.1, 0.15) is 5.92 Å². The average Bonchev–Trinajstić information content (AvgIpc) is 2.72. The summed E-state index contributed by atoms with van der Waals surface area (Å²) in [5, 5.41) is 0. The third kappa shape index (κ3) is 4.31. The topological polar surface area (TPSA) is 82.0 Å². The fourth-order valence-electron chi connectivity index (χ4n) is 4.02. The molecule has 1 aliphatic heterocycles. The Morgan fingerprint density at radius 2 is 1.90 bits per heavy atom. The van der Waals surface area contributed by atoms with Gasteiger partial charge in [-0.05, 0) is 43.9 Å². The standard InChI is InChI=1S/C23H27NO5/c1-4-5-13-29-23(27)19-14(2)24-17-7-6-8-18(25)21(17)20(19)15-9-11-16(12-10-15)22(26)28-3/h9-12,19-20H,4-8,13H2,1-3H3/t19?,20-/m1/s1. The molecule has 1 aliphatic carbocycles. The molecule has 2 atom stereocenters. The number of rotatable bonds is 6. The quantitative estimate of drug-likeness (QED) is 0.535. The molecular formula is C23H27NO5. The summed E-state index contributed by atoms with van der Waals surface area (Å²) in [6.07, 6.45) is 3.68. The highest BCUT2D eigenvalue weighted by molar-refractivity contribution is 6.08. The monoisotopic (exact) mass is 397 g/mol. The second kappa shape index (κ2) is 9.16. The Hall–Kier alpha value is -2.76. The van der Waals surface area contributed by atoms with E-state index in [2.05, 4.69) is 4.99 Å². The molecule has 29 heavy (non-hydrogen) atoms. The average molecular weight is 397 g/mol. The molecule has 0 saturated heterocycles. The number of hydrogen-bond donors (Lipinski definition) is 0. The molecule has 154 valence electrons. The van der Waals surface area contributed by atoms with E-state index in [-0.39, 0.29) is 11.8 Å². The number of methoxy groups -OCH3 is 1. The SMILES string of the molecule is CCCCOC(=O)C1C(C)=NC2=C(C(=O)CCC2)[C@@H]1c1ccc(C(=O)OC)cc1. The summed E-state index contributed by atoms with van der Waals surface area (Å²) in [5.41, 5.74) is 3.28. The van der Waals surface area contributed by atoms with Gasteiger partial charge in [-0.15, -0.1) is 0 Å². The zero-order valence-corrected chi connectivity index (χ0v) is 17.2. The van der Waals surface area contributed by atoms with Crippen LogP contribution in [0.2, 0.25) is 0 Å². The molecule has 0 bridgehead atoms. The first-order valence-corrected chi connectivity index (χ1v) is 10.1. The summed E-state index contributed by atoms with van der Waals surface area (Å²) in [6.45, 7) is 4.21. The number of ketones is 1. The number of nitrogens with zero attached hydrogens (tertiary/aromatic N) is 1. The van der Waals surface area contributed by atoms with E-state index in [1.807, 2.05) is 13.8 Å². The molecule has 1 heterocycles. The first-order chi connectivity index (χ1) is 14.0. The van der Waals surface area contributed by atoms with E-state index >= 15 is 0 Å². The number of benzene rings is 1. The van der Waals surface area contributed by atoms with Gasteiger partial charge in [-0.2, -0.15) is 0 Å². The number of unbranched alkanes of at least 4 members (excludes halogenated alkanes) is 1. The number of aliphatic imine (C=N–C) groups is 1. The predicted molar refractivity (Wildman–Crippen MR) is 109 cm³/mol. The largest absolute Gasteiger partial charge is 0.465 e. The molecule has 0 amide bonds. The molecule has 0 fully saturated rings. The highest BCUT2D eigenvalue weighted by Gasteiger charge is 2.43. The third-order valence-electron chi connectivity index (χ3n) is 5.52. The number of hydrogen-bond acceptors (Lipinski definition) is 6. The number of ether oxygens (including phenoxy) is 2. The molecule has 6 nitrogen and oxygen atoms in total. The van der Waals surface area contributed by atoms with Crippen molar-refractivity contribution in [2.75, 3.05) is 13.7 Å². The summed E-state index contributed by atoms with van der Waals surface area (Å²) < 4.78 is 10.3. The fourth-order valence-corrected chi connectivity index (χ4v) is 4.02. The van der Waals surface area contributed by atoms with Crippen LogP contribution in [-0.2, 0) is 19.1 Å². The summed E-state index contributed by atoms with van der Waals surface area (Å²) in [5.74, 6) is -1.84. The lowest BCUT2D eigenvalue weighted by molar-refractivity contribution is -0.146. The molecule has 0 radical (unpaired) electrons. The third-order valence-corrected chi connectivity index (χ3v) is 5.52. The maximum absolute atomic E-state index is 13.0. The van der Waals surface area contributed by atoms with Crippen molar-refractivity contribution in [1.82, 2.24) is 0 Å². The Kier molecular flexibility index (Phi) is 6.62. The van der Waals surface area contributed by atoms with Crippen LogP contribution in [0.25, 0.3) is 0 Å². The maximum atomic E-state index is 13.0. The van der Waals surface area contributed by atoms with Gasteiger partial charge in [0.25, 0.3) is 0 Å². The number of allylic oxidation sites excluding steroid dienone is 2. The molecule has 0 saturated carbocycles. The zero-order chi connectivity index (χ0) is 21.0. The van der Waals surface area contributed by atoms with Crippen molar-refractivity contribution < 1.29 is 23.9 Å². The minimum absolute atomic E-state index is 0.0379. The summed E-state index contributed by atoms with van der Waals surface area (Å²) in [7, 11) is 1.33. The smallest absolute Gasteiger partial charge is 0.337 e. The normalized spacial score (nSPS) is 21.3. The van der Waals surface area contributed by atoms with Crippen molar-refractivity contribution >= 4 is 23.4 Å². The second-order valence-corrected chi connectivity index (χ2v) is 7.48. The van der Waals surface area contributed by atoms with Gasteiger partial charge < -0.3 is 9.47 Å². The molecule has 0 spiro atoms. The van der Waals surface area contributed by atoms with Crippen LogP contribution in [0, 0.1) is 5.92 Å². The van der Waals surface area contributed by atoms with Crippen LogP contribution in [0.4, 0.5) is 0 Å². The summed E-state index contributed by atoms with van der Waals surface area (Å²) >= 11 is 0. The van der Waals surface area contributed by atoms with Gasteiger partial charge >= 0.3 is 11.9 Å². The van der Waals surface area contributed by atoms with E-state index in [4.69, 9.17) is 9.47 Å². The van der Waals surface area contributed by atoms with Crippen LogP contribution in [0.1, 0.15) is 67.8 Å². The molecular weight excluding hydrogens is 370 g/mol. The van der Waals surface area contributed by atoms with Gasteiger partial charge in [0.05, 0.1) is 19.3 Å². The van der Waals surface area contributed by atoms with E-state index in [1.165, 1.54) is 7.11 Å². The van der Waals surface area contributed by atoms with E-state index in [1.54, 1.807) is 24.3 Å². The first-order valence-electron chi connectivity index (χ1n) is 10.1. The first kappa shape index (κ1) is 21.0. The molecule has 1 aromatic carbocycles. The molecule has 0 N–H and O–H groups in total. The van der Waals surface area contributed by atoms with E-state index in [0.29, 0.717) is 29.9 Å². The minimum atomic E-state index is -0.642. The van der Waals surface area contributed by atoms with E-state index in [0.717, 1.165) is 36.9 Å². The Balaban J connectivity index is 2.02. The molecule has 3 rings (SSSR count). The highest BCUT2D eigenvalue weighted by atomic mass is 16.5. The van der Waals surface area contributed by atoms with Crippen molar-refractivity contribution in [3.05, 3.63) is 46.7 Å². The maximum Gasteiger partial charge on any atom is 0.337 e. The van der Waals surface area contributed by atoms with Crippen LogP contribution in [-0.4, -0.2) is 37.2 Å². The Labute approximate surface area is 171 Å². The van der Waals surface area contributed by atoms with Gasteiger partial charge in [0.15, 0.2) is 5.78 Å². The van der Waals surface area contributed by atoms with Gasteiger partial charge in [0, 0.05) is 29.3 Å². The Bertz CT molecular complexity index is 866. The van der Waals surface area contributed by atoms with Crippen molar-refractivity contribution in [3.63, 3.8) is 0 Å². The lowest BCUT2D eigenvalue weighted by Crippen LogP contribution is -2.37. The molecule has 1 unspecified atom stereocenters. The number of esters is 2. The number of carbonyl (C=O) groups excluding carboxylic acids is 3. The van der Waals surface area contributed by atoms with Crippen LogP contribution in [0.15, 0.2) is 40.5 Å². The Morgan fingerprint density at radius 3 is 2.55 bits per heavy atom. The van der Waals surface area contributed by atoms with Crippen LogP contribution < -0.4 is 0 Å². The van der Waals surface area contributed by atoms with Crippen molar-refractivity contribution in [3.8, 4) is 0 Å². The van der Waals surface area contributed by atoms with Gasteiger partial charge in [-0.1, -0.05) is 25.5 Å². The molecule has 6 heteroatoms. The number of Topliss-reactive ketones (excluding diaryl/α,β-unsaturated/α-hetero) is 1. The molecule has 1 aromatic rings. The van der Waals surface area contributed by atoms with Crippen LogP contribution >= 0.6 is 0 Å². The zero-order valence-electron chi connectivity index (χ0n) is 17.2. The lowest BCUT2D eigenvalue weighted by Gasteiger charge is -2.34. The van der Waals surface area contributed by atoms with Crippen molar-refractivity contribution in [2.24, 2.45) is 10.9 Å². The summed E-state index contributed by atoms with van der Waals surface area (Å²) in [4.78, 5) is 42.2. The molecule has 0 aromatic heterocycles. The second-order valence-electron chi connectivity index (χ2n) is 7.48. The molecule has 2 aliphatic rings. The van der Waals surface area contributed by atoms with E-state index < -0.39 is 17.8 Å². The van der Waals surface area contributed by atoms with Gasteiger partial charge in [-0.3, -0.25) is 14.6 Å². The lowest BCUT2D eigenvalue weighted by atomic mass is 9.71. The highest BCUT2D eigenvalue weighted by Crippen LogP contribution is 2.43. The Morgan fingerprint density at radius 1 is 1.17 bits per heavy atom. The van der Waals surface area contributed by atoms with Crippen molar-refractivity contribution in [1.29, 1.82) is 0 Å². The fraction of sp³-hybridized carbons (Fsp3) is 0.478. The van der Waals surface area contributed by atoms with Crippen LogP contribution in [0.5, 0.6) is 0 Å². The van der Waals surface area contributed by atoms with Gasteiger partial charge in [-0.25, -0.2) is 4.79 Å².